The van der Waals surface area contributed by atoms with Gasteiger partial charge in [-0.2, -0.15) is 0 Å². The van der Waals surface area contributed by atoms with E-state index in [9.17, 15) is 4.39 Å². The van der Waals surface area contributed by atoms with Crippen molar-refractivity contribution in [2.24, 2.45) is 0 Å². The van der Waals surface area contributed by atoms with Crippen molar-refractivity contribution in [1.82, 2.24) is 5.32 Å². The van der Waals surface area contributed by atoms with Gasteiger partial charge in [0.05, 0.1) is 11.1 Å². The van der Waals surface area contributed by atoms with Crippen molar-refractivity contribution >= 4 is 15.9 Å². The molecule has 0 amide bonds. The van der Waals surface area contributed by atoms with E-state index < -0.39 is 0 Å². The Balaban J connectivity index is 2.09. The Morgan fingerprint density at radius 3 is 2.78 bits per heavy atom. The fourth-order valence-electron chi connectivity index (χ4n) is 1.65. The molecule has 0 aromatic heterocycles. The molecule has 0 heterocycles. The molecule has 1 N–H and O–H groups in total. The number of hydrogen-bond acceptors (Lipinski definition) is 2. The number of benzene rings is 1. The molecule has 18 heavy (non-hydrogen) atoms. The summed E-state index contributed by atoms with van der Waals surface area (Å²) < 4.78 is 19.3. The van der Waals surface area contributed by atoms with Gasteiger partial charge in [0.2, 0.25) is 0 Å². The van der Waals surface area contributed by atoms with Gasteiger partial charge in [-0.25, -0.2) is 4.39 Å². The van der Waals surface area contributed by atoms with Gasteiger partial charge in [0.25, 0.3) is 0 Å². The van der Waals surface area contributed by atoms with E-state index in [1.807, 2.05) is 0 Å². The fourth-order valence-corrected chi connectivity index (χ4v) is 2.01. The number of hydrogen-bond donors (Lipinski definition) is 1. The number of halogens is 2. The lowest BCUT2D eigenvalue weighted by Gasteiger charge is -2.08. The van der Waals surface area contributed by atoms with Crippen LogP contribution in [0.25, 0.3) is 0 Å². The van der Waals surface area contributed by atoms with Crippen LogP contribution in [-0.2, 0) is 0 Å². The van der Waals surface area contributed by atoms with Gasteiger partial charge >= 0.3 is 0 Å². The summed E-state index contributed by atoms with van der Waals surface area (Å²) in [4.78, 5) is 0. The zero-order valence-electron chi connectivity index (χ0n) is 10.8. The maximum atomic E-state index is 13.0. The van der Waals surface area contributed by atoms with Gasteiger partial charge in [0, 0.05) is 6.07 Å². The number of unbranched alkanes of at least 4 members (excludes halogenated alkanes) is 3. The summed E-state index contributed by atoms with van der Waals surface area (Å²) in [5, 5.41) is 3.30. The molecule has 0 aliphatic rings. The summed E-state index contributed by atoms with van der Waals surface area (Å²) in [5.74, 6) is 0.321. The Morgan fingerprint density at radius 1 is 1.22 bits per heavy atom. The molecule has 4 heteroatoms. The molecule has 0 bridgehead atoms. The molecule has 0 radical (unpaired) electrons. The van der Waals surface area contributed by atoms with Crippen LogP contribution in [0.15, 0.2) is 22.7 Å². The van der Waals surface area contributed by atoms with Gasteiger partial charge in [-0.1, -0.05) is 19.8 Å². The Morgan fingerprint density at radius 2 is 2.00 bits per heavy atom. The lowest BCUT2D eigenvalue weighted by Crippen LogP contribution is -2.13. The molecule has 0 unspecified atom stereocenters. The largest absolute Gasteiger partial charge is 0.492 e. The summed E-state index contributed by atoms with van der Waals surface area (Å²) in [6, 6.07) is 4.49. The van der Waals surface area contributed by atoms with Crippen molar-refractivity contribution in [2.45, 2.75) is 32.6 Å². The molecule has 0 atom stereocenters. The third kappa shape index (κ3) is 6.36. The molecule has 0 aliphatic heterocycles. The minimum absolute atomic E-state index is 0.265. The molecule has 2 nitrogen and oxygen atoms in total. The van der Waals surface area contributed by atoms with Gasteiger partial charge in [-0.15, -0.1) is 0 Å². The van der Waals surface area contributed by atoms with Gasteiger partial charge < -0.3 is 10.1 Å². The highest BCUT2D eigenvalue weighted by Crippen LogP contribution is 2.25. The van der Waals surface area contributed by atoms with Crippen LogP contribution in [0, 0.1) is 5.82 Å². The lowest BCUT2D eigenvalue weighted by atomic mass is 10.2. The van der Waals surface area contributed by atoms with E-state index in [-0.39, 0.29) is 5.82 Å². The van der Waals surface area contributed by atoms with Crippen LogP contribution in [0.2, 0.25) is 0 Å². The SMILES string of the molecule is CCNCCCCCCOc1cc(F)ccc1Br. The fraction of sp³-hybridized carbons (Fsp3) is 0.571. The highest BCUT2D eigenvalue weighted by atomic mass is 79.9. The third-order valence-electron chi connectivity index (χ3n) is 2.65. The average molecular weight is 318 g/mol. The molecule has 0 saturated heterocycles. The second-order valence-electron chi connectivity index (χ2n) is 4.19. The van der Waals surface area contributed by atoms with Gasteiger partial charge in [-0.3, -0.25) is 0 Å². The molecule has 0 aliphatic carbocycles. The quantitative estimate of drug-likeness (QED) is 0.691. The first kappa shape index (κ1) is 15.4. The van der Waals surface area contributed by atoms with E-state index in [1.165, 1.54) is 25.0 Å². The monoisotopic (exact) mass is 317 g/mol. The van der Waals surface area contributed by atoms with E-state index >= 15 is 0 Å². The van der Waals surface area contributed by atoms with Crippen molar-refractivity contribution in [3.63, 3.8) is 0 Å². The Kier molecular flexibility index (Phi) is 8.01. The van der Waals surface area contributed by atoms with Crippen LogP contribution in [0.1, 0.15) is 32.6 Å². The maximum absolute atomic E-state index is 13.0. The molecular formula is C14H21BrFNO. The zero-order valence-corrected chi connectivity index (χ0v) is 12.4. The van der Waals surface area contributed by atoms with Crippen molar-refractivity contribution in [3.05, 3.63) is 28.5 Å². The van der Waals surface area contributed by atoms with Crippen LogP contribution in [0.4, 0.5) is 4.39 Å². The summed E-state index contributed by atoms with van der Waals surface area (Å²) in [6.07, 6.45) is 4.57. The summed E-state index contributed by atoms with van der Waals surface area (Å²) in [6.45, 7) is 4.89. The van der Waals surface area contributed by atoms with Crippen LogP contribution < -0.4 is 10.1 Å². The molecule has 1 aromatic carbocycles. The highest BCUT2D eigenvalue weighted by Gasteiger charge is 2.02. The summed E-state index contributed by atoms with van der Waals surface area (Å²) in [7, 11) is 0. The normalized spacial score (nSPS) is 10.6. The third-order valence-corrected chi connectivity index (χ3v) is 3.30. The lowest BCUT2D eigenvalue weighted by molar-refractivity contribution is 0.301. The molecule has 1 aromatic rings. The van der Waals surface area contributed by atoms with E-state index in [2.05, 4.69) is 28.2 Å². The van der Waals surface area contributed by atoms with Crippen LogP contribution in [0.5, 0.6) is 5.75 Å². The first-order valence-electron chi connectivity index (χ1n) is 6.52. The molecule has 1 rings (SSSR count). The number of rotatable bonds is 9. The Bertz CT molecular complexity index is 347. The van der Waals surface area contributed by atoms with E-state index in [4.69, 9.17) is 4.74 Å². The number of ether oxygens (including phenoxy) is 1. The second-order valence-corrected chi connectivity index (χ2v) is 5.05. The first-order chi connectivity index (χ1) is 8.74. The maximum Gasteiger partial charge on any atom is 0.136 e. The van der Waals surface area contributed by atoms with Crippen LogP contribution in [0.3, 0.4) is 0 Å². The van der Waals surface area contributed by atoms with Crippen LogP contribution >= 0.6 is 15.9 Å². The van der Waals surface area contributed by atoms with Gasteiger partial charge in [0.15, 0.2) is 0 Å². The Labute approximate surface area is 117 Å². The smallest absolute Gasteiger partial charge is 0.136 e. The summed E-state index contributed by atoms with van der Waals surface area (Å²) in [5.41, 5.74) is 0. The minimum atomic E-state index is -0.265. The molecule has 102 valence electrons. The topological polar surface area (TPSA) is 21.3 Å². The number of nitrogens with one attached hydrogen (secondary N) is 1. The van der Waals surface area contributed by atoms with E-state index in [1.54, 1.807) is 6.07 Å². The average Bonchev–Trinajstić information content (AvgIpc) is 2.36. The minimum Gasteiger partial charge on any atom is -0.492 e. The first-order valence-corrected chi connectivity index (χ1v) is 7.32. The van der Waals surface area contributed by atoms with E-state index in [0.29, 0.717) is 12.4 Å². The second kappa shape index (κ2) is 9.34. The summed E-state index contributed by atoms with van der Waals surface area (Å²) >= 11 is 3.34. The van der Waals surface area contributed by atoms with Crippen molar-refractivity contribution < 1.29 is 9.13 Å². The van der Waals surface area contributed by atoms with Crippen molar-refractivity contribution in [2.75, 3.05) is 19.7 Å². The highest BCUT2D eigenvalue weighted by molar-refractivity contribution is 9.10. The van der Waals surface area contributed by atoms with E-state index in [0.717, 1.165) is 30.4 Å². The van der Waals surface area contributed by atoms with Gasteiger partial charge in [0.1, 0.15) is 11.6 Å². The Hall–Kier alpha value is -0.610. The molecule has 0 fully saturated rings. The van der Waals surface area contributed by atoms with Gasteiger partial charge in [-0.05, 0) is 54.0 Å². The molecular weight excluding hydrogens is 297 g/mol. The van der Waals surface area contributed by atoms with Crippen molar-refractivity contribution in [1.29, 1.82) is 0 Å². The van der Waals surface area contributed by atoms with Crippen molar-refractivity contribution in [3.8, 4) is 5.75 Å². The standard InChI is InChI=1S/C14H21BrFNO/c1-2-17-9-5-3-4-6-10-18-14-11-12(16)7-8-13(14)15/h7-8,11,17H,2-6,9-10H2,1H3. The van der Waals surface area contributed by atoms with Crippen LogP contribution in [-0.4, -0.2) is 19.7 Å². The zero-order chi connectivity index (χ0) is 13.2. The predicted octanol–water partition coefficient (Wildman–Crippen LogP) is 4.14. The molecule has 0 spiro atoms. The molecule has 0 saturated carbocycles. The predicted molar refractivity (Wildman–Crippen MR) is 76.6 cm³/mol.